The second-order valence-corrected chi connectivity index (χ2v) is 4.49. The van der Waals surface area contributed by atoms with Crippen LogP contribution < -0.4 is 5.73 Å². The Morgan fingerprint density at radius 2 is 2.00 bits per heavy atom. The summed E-state index contributed by atoms with van der Waals surface area (Å²) >= 11 is 1.28. The molecule has 0 atom stereocenters. The average molecular weight is 268 g/mol. The van der Waals surface area contributed by atoms with Gasteiger partial charge in [-0.2, -0.15) is 0 Å². The van der Waals surface area contributed by atoms with Crippen LogP contribution in [0.4, 0.5) is 0 Å². The molecule has 1 amide bonds. The molecule has 0 spiro atoms. The van der Waals surface area contributed by atoms with Gasteiger partial charge in [0.15, 0.2) is 0 Å². The summed E-state index contributed by atoms with van der Waals surface area (Å²) in [5, 5.41) is 17.7. The summed E-state index contributed by atoms with van der Waals surface area (Å²) in [7, 11) is 0. The fourth-order valence-electron chi connectivity index (χ4n) is 1.37. The minimum atomic E-state index is -0.205. The van der Waals surface area contributed by atoms with Crippen molar-refractivity contribution in [2.24, 2.45) is 5.73 Å². The van der Waals surface area contributed by atoms with Crippen LogP contribution in [0, 0.1) is 11.8 Å². The van der Waals surface area contributed by atoms with Gasteiger partial charge in [-0.3, -0.25) is 4.79 Å². The molecule has 0 unspecified atom stereocenters. The summed E-state index contributed by atoms with van der Waals surface area (Å²) in [6, 6.07) is 3.45. The molecule has 4 N–H and O–H groups in total. The van der Waals surface area contributed by atoms with E-state index in [0.29, 0.717) is 4.88 Å². The van der Waals surface area contributed by atoms with E-state index in [0.717, 1.165) is 4.88 Å². The maximum absolute atomic E-state index is 12.1. The Balaban J connectivity index is 2.78. The number of amides is 1. The van der Waals surface area contributed by atoms with Gasteiger partial charge in [0.2, 0.25) is 0 Å². The topological polar surface area (TPSA) is 86.8 Å². The standard InChI is InChI=1S/C12H16N2O3S/c13-5-1-2-10-3-4-11(18-10)12(17)14(6-8-15)7-9-16/h3-4,15-16H,5-9,13H2. The Morgan fingerprint density at radius 1 is 1.33 bits per heavy atom. The fraction of sp³-hybridized carbons (Fsp3) is 0.417. The van der Waals surface area contributed by atoms with Crippen molar-refractivity contribution in [2.75, 3.05) is 32.8 Å². The molecule has 18 heavy (non-hydrogen) atoms. The Labute approximate surface area is 110 Å². The normalized spacial score (nSPS) is 9.72. The van der Waals surface area contributed by atoms with Crippen LogP contribution in [-0.4, -0.2) is 53.9 Å². The van der Waals surface area contributed by atoms with Gasteiger partial charge in [-0.05, 0) is 12.1 Å². The Kier molecular flexibility index (Phi) is 6.39. The Hall–Kier alpha value is -1.39. The van der Waals surface area contributed by atoms with Gasteiger partial charge >= 0.3 is 0 Å². The zero-order chi connectivity index (χ0) is 13.4. The number of aliphatic hydroxyl groups is 2. The van der Waals surface area contributed by atoms with Gasteiger partial charge < -0.3 is 20.8 Å². The molecule has 1 rings (SSSR count). The van der Waals surface area contributed by atoms with Crippen LogP contribution in [0.1, 0.15) is 14.5 Å². The SMILES string of the molecule is NCC#Cc1ccc(C(=O)N(CCO)CCO)s1. The summed E-state index contributed by atoms with van der Waals surface area (Å²) in [6.07, 6.45) is 0. The number of carbonyl (C=O) groups excluding carboxylic acids is 1. The fourth-order valence-corrected chi connectivity index (χ4v) is 2.22. The molecule has 0 aliphatic rings. The van der Waals surface area contributed by atoms with Gasteiger partial charge in [0, 0.05) is 13.1 Å². The highest BCUT2D eigenvalue weighted by atomic mass is 32.1. The van der Waals surface area contributed by atoms with Gasteiger partial charge in [-0.15, -0.1) is 11.3 Å². The zero-order valence-corrected chi connectivity index (χ0v) is 10.7. The molecule has 0 saturated carbocycles. The summed E-state index contributed by atoms with van der Waals surface area (Å²) in [5.41, 5.74) is 5.27. The number of hydrogen-bond donors (Lipinski definition) is 3. The number of nitrogens with two attached hydrogens (primary N) is 1. The molecule has 98 valence electrons. The highest BCUT2D eigenvalue weighted by Crippen LogP contribution is 2.17. The third kappa shape index (κ3) is 4.13. The minimum absolute atomic E-state index is 0.128. The van der Waals surface area contributed by atoms with E-state index in [1.54, 1.807) is 12.1 Å². The van der Waals surface area contributed by atoms with Gasteiger partial charge in [0.05, 0.1) is 29.5 Å². The molecule has 1 aromatic heterocycles. The first-order valence-electron chi connectivity index (χ1n) is 5.52. The number of rotatable bonds is 5. The van der Waals surface area contributed by atoms with E-state index in [9.17, 15) is 4.79 Å². The molecular formula is C12H16N2O3S. The summed E-state index contributed by atoms with van der Waals surface area (Å²) in [6.45, 7) is 0.443. The lowest BCUT2D eigenvalue weighted by molar-refractivity contribution is 0.0689. The summed E-state index contributed by atoms with van der Waals surface area (Å²) in [4.78, 5) is 14.8. The van der Waals surface area contributed by atoms with Gasteiger partial charge in [-0.1, -0.05) is 11.8 Å². The van der Waals surface area contributed by atoms with Crippen LogP contribution in [-0.2, 0) is 0 Å². The van der Waals surface area contributed by atoms with E-state index in [2.05, 4.69) is 11.8 Å². The molecule has 0 aliphatic heterocycles. The third-order valence-corrected chi connectivity index (χ3v) is 3.15. The minimum Gasteiger partial charge on any atom is -0.395 e. The van der Waals surface area contributed by atoms with Crippen molar-refractivity contribution < 1.29 is 15.0 Å². The molecule has 5 nitrogen and oxygen atoms in total. The number of aliphatic hydroxyl groups excluding tert-OH is 2. The van der Waals surface area contributed by atoms with Crippen molar-refractivity contribution in [2.45, 2.75) is 0 Å². The number of carbonyl (C=O) groups is 1. The van der Waals surface area contributed by atoms with Crippen LogP contribution in [0.5, 0.6) is 0 Å². The van der Waals surface area contributed by atoms with Crippen LogP contribution >= 0.6 is 11.3 Å². The maximum Gasteiger partial charge on any atom is 0.264 e. The van der Waals surface area contributed by atoms with Gasteiger partial charge in [-0.25, -0.2) is 0 Å². The first-order valence-corrected chi connectivity index (χ1v) is 6.34. The molecule has 0 radical (unpaired) electrons. The van der Waals surface area contributed by atoms with Crippen LogP contribution in [0.15, 0.2) is 12.1 Å². The lowest BCUT2D eigenvalue weighted by Gasteiger charge is -2.19. The molecule has 0 fully saturated rings. The van der Waals surface area contributed by atoms with E-state index in [4.69, 9.17) is 15.9 Å². The quantitative estimate of drug-likeness (QED) is 0.627. The van der Waals surface area contributed by atoms with E-state index < -0.39 is 0 Å². The Morgan fingerprint density at radius 3 is 2.56 bits per heavy atom. The smallest absolute Gasteiger partial charge is 0.264 e. The predicted octanol–water partition coefficient (Wildman–Crippen LogP) is -0.515. The van der Waals surface area contributed by atoms with Crippen molar-refractivity contribution in [1.82, 2.24) is 4.90 Å². The van der Waals surface area contributed by atoms with Crippen molar-refractivity contribution in [3.05, 3.63) is 21.9 Å². The zero-order valence-electron chi connectivity index (χ0n) is 9.93. The molecule has 1 aromatic rings. The highest BCUT2D eigenvalue weighted by molar-refractivity contribution is 7.14. The van der Waals surface area contributed by atoms with Crippen LogP contribution in [0.25, 0.3) is 0 Å². The molecule has 0 saturated heterocycles. The van der Waals surface area contributed by atoms with Gasteiger partial charge in [0.1, 0.15) is 0 Å². The summed E-state index contributed by atoms with van der Waals surface area (Å²) in [5.74, 6) is 5.37. The lowest BCUT2D eigenvalue weighted by atomic mass is 10.3. The average Bonchev–Trinajstić information content (AvgIpc) is 2.84. The van der Waals surface area contributed by atoms with Gasteiger partial charge in [0.25, 0.3) is 5.91 Å². The van der Waals surface area contributed by atoms with Crippen molar-refractivity contribution in [3.63, 3.8) is 0 Å². The van der Waals surface area contributed by atoms with Crippen molar-refractivity contribution in [1.29, 1.82) is 0 Å². The molecule has 0 bridgehead atoms. The van der Waals surface area contributed by atoms with E-state index >= 15 is 0 Å². The van der Waals surface area contributed by atoms with E-state index in [-0.39, 0.29) is 38.8 Å². The molecule has 1 heterocycles. The lowest BCUT2D eigenvalue weighted by Crippen LogP contribution is -2.35. The number of thiophene rings is 1. The monoisotopic (exact) mass is 268 g/mol. The molecule has 0 aliphatic carbocycles. The molecular weight excluding hydrogens is 252 g/mol. The number of nitrogens with zero attached hydrogens (tertiary/aromatic N) is 1. The predicted molar refractivity (Wildman–Crippen MR) is 70.3 cm³/mol. The first-order chi connectivity index (χ1) is 8.72. The van der Waals surface area contributed by atoms with E-state index in [1.807, 2.05) is 0 Å². The molecule has 6 heteroatoms. The summed E-state index contributed by atoms with van der Waals surface area (Å²) < 4.78 is 0. The Bertz CT molecular complexity index is 442. The maximum atomic E-state index is 12.1. The number of hydrogen-bond acceptors (Lipinski definition) is 5. The third-order valence-electron chi connectivity index (χ3n) is 2.16. The van der Waals surface area contributed by atoms with Crippen LogP contribution in [0.2, 0.25) is 0 Å². The molecule has 0 aromatic carbocycles. The van der Waals surface area contributed by atoms with Crippen molar-refractivity contribution in [3.8, 4) is 11.8 Å². The van der Waals surface area contributed by atoms with E-state index in [1.165, 1.54) is 16.2 Å². The highest BCUT2D eigenvalue weighted by Gasteiger charge is 2.16. The second-order valence-electron chi connectivity index (χ2n) is 3.41. The van der Waals surface area contributed by atoms with Crippen molar-refractivity contribution >= 4 is 17.2 Å². The second kappa shape index (κ2) is 7.84. The van der Waals surface area contributed by atoms with Crippen LogP contribution in [0.3, 0.4) is 0 Å². The first kappa shape index (κ1) is 14.7. The largest absolute Gasteiger partial charge is 0.395 e.